The third kappa shape index (κ3) is 7.91. The highest BCUT2D eigenvalue weighted by atomic mass is 79.9. The lowest BCUT2D eigenvalue weighted by Gasteiger charge is -2.35. The highest BCUT2D eigenvalue weighted by Gasteiger charge is 2.29. The van der Waals surface area contributed by atoms with Crippen molar-refractivity contribution in [3.8, 4) is 5.75 Å². The van der Waals surface area contributed by atoms with E-state index in [0.717, 1.165) is 53.8 Å². The fraction of sp³-hybridized carbons (Fsp3) is 0.533. The lowest BCUT2D eigenvalue weighted by molar-refractivity contribution is -0.135. The van der Waals surface area contributed by atoms with Crippen molar-refractivity contribution in [2.45, 2.75) is 71.4 Å². The van der Waals surface area contributed by atoms with Gasteiger partial charge in [0.25, 0.3) is 0 Å². The van der Waals surface area contributed by atoms with Gasteiger partial charge in [-0.15, -0.1) is 0 Å². The zero-order chi connectivity index (χ0) is 25.4. The van der Waals surface area contributed by atoms with E-state index in [0.29, 0.717) is 39.0 Å². The molecule has 1 amide bonds. The van der Waals surface area contributed by atoms with Crippen molar-refractivity contribution in [1.82, 2.24) is 9.80 Å². The van der Waals surface area contributed by atoms with Gasteiger partial charge in [0.2, 0.25) is 5.91 Å². The maximum Gasteiger partial charge on any atom is 0.223 e. The predicted molar refractivity (Wildman–Crippen MR) is 147 cm³/mol. The second kappa shape index (κ2) is 12.9. The van der Waals surface area contributed by atoms with E-state index in [4.69, 9.17) is 4.74 Å². The molecule has 4 rings (SSSR count). The molecule has 2 aromatic rings. The first-order valence-corrected chi connectivity index (χ1v) is 14.2. The first-order valence-electron chi connectivity index (χ1n) is 13.4. The Kier molecular flexibility index (Phi) is 9.60. The molecular formula is C30H39BrN2O3. The SMILES string of the molecule is CC1(CC(=O)CCC(=O)N2CCN(Cc3ccccc3OCc3ccc(Br)cc3)CC2)CCCCC1. The molecule has 0 aromatic heterocycles. The minimum atomic E-state index is 0.120. The minimum absolute atomic E-state index is 0.120. The Labute approximate surface area is 224 Å². The van der Waals surface area contributed by atoms with Gasteiger partial charge < -0.3 is 9.64 Å². The number of hydrogen-bond donors (Lipinski definition) is 0. The highest BCUT2D eigenvalue weighted by molar-refractivity contribution is 9.10. The zero-order valence-electron chi connectivity index (χ0n) is 21.5. The standard InChI is InChI=1S/C30H39BrN2O3/c1-30(15-5-2-6-16-30)21-27(34)13-14-29(35)33-19-17-32(18-20-33)22-25-7-3-4-8-28(25)36-23-24-9-11-26(31)12-10-24/h3-4,7-12H,2,5-6,13-23H2,1H3. The number of carbonyl (C=O) groups excluding carboxylic acids is 2. The normalized spacial score (nSPS) is 18.1. The molecule has 1 heterocycles. The summed E-state index contributed by atoms with van der Waals surface area (Å²) in [5, 5.41) is 0. The molecule has 5 nitrogen and oxygen atoms in total. The molecule has 0 radical (unpaired) electrons. The van der Waals surface area contributed by atoms with Crippen molar-refractivity contribution in [3.05, 3.63) is 64.1 Å². The van der Waals surface area contributed by atoms with Crippen LogP contribution in [0.3, 0.4) is 0 Å². The number of ether oxygens (including phenoxy) is 1. The van der Waals surface area contributed by atoms with Gasteiger partial charge in [0, 0.05) is 62.0 Å². The van der Waals surface area contributed by atoms with Gasteiger partial charge in [-0.2, -0.15) is 0 Å². The summed E-state index contributed by atoms with van der Waals surface area (Å²) in [4.78, 5) is 29.6. The first-order chi connectivity index (χ1) is 17.4. The number of benzene rings is 2. The Hall–Kier alpha value is -2.18. The number of hydrogen-bond acceptors (Lipinski definition) is 4. The number of amides is 1. The van der Waals surface area contributed by atoms with Gasteiger partial charge >= 0.3 is 0 Å². The molecule has 2 aliphatic rings. The largest absolute Gasteiger partial charge is 0.489 e. The van der Waals surface area contributed by atoms with Crippen LogP contribution >= 0.6 is 15.9 Å². The summed E-state index contributed by atoms with van der Waals surface area (Å²) in [6, 6.07) is 16.4. The topological polar surface area (TPSA) is 49.9 Å². The molecule has 36 heavy (non-hydrogen) atoms. The van der Waals surface area contributed by atoms with Crippen molar-refractivity contribution in [2.75, 3.05) is 26.2 Å². The van der Waals surface area contributed by atoms with E-state index in [-0.39, 0.29) is 17.1 Å². The molecule has 2 fully saturated rings. The van der Waals surface area contributed by atoms with E-state index in [1.54, 1.807) is 0 Å². The third-order valence-corrected chi connectivity index (χ3v) is 8.23. The van der Waals surface area contributed by atoms with Gasteiger partial charge in [0.05, 0.1) is 0 Å². The zero-order valence-corrected chi connectivity index (χ0v) is 23.1. The predicted octanol–water partition coefficient (Wildman–Crippen LogP) is 6.38. The Balaban J connectivity index is 1.20. The van der Waals surface area contributed by atoms with Crippen LogP contribution in [0, 0.1) is 5.41 Å². The molecule has 1 aliphatic heterocycles. The van der Waals surface area contributed by atoms with Crippen LogP contribution in [-0.4, -0.2) is 47.7 Å². The summed E-state index contributed by atoms with van der Waals surface area (Å²) in [5.41, 5.74) is 2.45. The lowest BCUT2D eigenvalue weighted by atomic mass is 9.72. The second-order valence-electron chi connectivity index (χ2n) is 10.8. The quantitative estimate of drug-likeness (QED) is 0.341. The highest BCUT2D eigenvalue weighted by Crippen LogP contribution is 2.39. The minimum Gasteiger partial charge on any atom is -0.489 e. The molecule has 0 atom stereocenters. The van der Waals surface area contributed by atoms with Gasteiger partial charge in [-0.3, -0.25) is 14.5 Å². The van der Waals surface area contributed by atoms with Crippen molar-refractivity contribution >= 4 is 27.6 Å². The summed E-state index contributed by atoms with van der Waals surface area (Å²) in [5.74, 6) is 1.28. The molecule has 0 bridgehead atoms. The molecule has 2 aromatic carbocycles. The number of piperazine rings is 1. The van der Waals surface area contributed by atoms with Crippen LogP contribution in [0.1, 0.15) is 69.4 Å². The van der Waals surface area contributed by atoms with Crippen molar-refractivity contribution in [1.29, 1.82) is 0 Å². The van der Waals surface area contributed by atoms with Crippen LogP contribution in [0.15, 0.2) is 53.0 Å². The molecule has 194 valence electrons. The van der Waals surface area contributed by atoms with Gasteiger partial charge in [0.15, 0.2) is 0 Å². The average Bonchev–Trinajstić information content (AvgIpc) is 2.88. The van der Waals surface area contributed by atoms with E-state index >= 15 is 0 Å². The van der Waals surface area contributed by atoms with Crippen LogP contribution in [0.25, 0.3) is 0 Å². The Morgan fingerprint density at radius 1 is 0.917 bits per heavy atom. The van der Waals surface area contributed by atoms with E-state index in [1.807, 2.05) is 35.2 Å². The molecule has 0 spiro atoms. The number of Topliss-reactive ketones (excluding diaryl/α,β-unsaturated/α-hetero) is 1. The van der Waals surface area contributed by atoms with Gasteiger partial charge in [0.1, 0.15) is 18.1 Å². The Bertz CT molecular complexity index is 1010. The fourth-order valence-electron chi connectivity index (χ4n) is 5.46. The van der Waals surface area contributed by atoms with E-state index in [1.165, 1.54) is 19.3 Å². The number of carbonyl (C=O) groups is 2. The fourth-order valence-corrected chi connectivity index (χ4v) is 5.73. The molecule has 1 saturated heterocycles. The number of nitrogens with zero attached hydrogens (tertiary/aromatic N) is 2. The summed E-state index contributed by atoms with van der Waals surface area (Å²) in [6.45, 7) is 6.67. The summed E-state index contributed by atoms with van der Waals surface area (Å²) >= 11 is 3.47. The number of halogens is 1. The van der Waals surface area contributed by atoms with Crippen LogP contribution in [-0.2, 0) is 22.7 Å². The van der Waals surface area contributed by atoms with E-state index in [2.05, 4.69) is 46.0 Å². The number of para-hydroxylation sites is 1. The Morgan fingerprint density at radius 3 is 2.33 bits per heavy atom. The molecule has 0 N–H and O–H groups in total. The molecule has 1 aliphatic carbocycles. The first kappa shape index (κ1) is 26.9. The summed E-state index contributed by atoms with van der Waals surface area (Å²) < 4.78 is 7.20. The average molecular weight is 556 g/mol. The van der Waals surface area contributed by atoms with Crippen molar-refractivity contribution in [2.24, 2.45) is 5.41 Å². The van der Waals surface area contributed by atoms with Crippen molar-refractivity contribution < 1.29 is 14.3 Å². The Morgan fingerprint density at radius 2 is 1.61 bits per heavy atom. The third-order valence-electron chi connectivity index (χ3n) is 7.70. The van der Waals surface area contributed by atoms with E-state index < -0.39 is 0 Å². The van der Waals surface area contributed by atoms with E-state index in [9.17, 15) is 9.59 Å². The number of ketones is 1. The monoisotopic (exact) mass is 554 g/mol. The summed E-state index contributed by atoms with van der Waals surface area (Å²) in [7, 11) is 0. The number of rotatable bonds is 10. The lowest BCUT2D eigenvalue weighted by Crippen LogP contribution is -2.48. The molecule has 6 heteroatoms. The van der Waals surface area contributed by atoms with Crippen molar-refractivity contribution in [3.63, 3.8) is 0 Å². The van der Waals surface area contributed by atoms with Crippen LogP contribution in [0.4, 0.5) is 0 Å². The van der Waals surface area contributed by atoms with Crippen LogP contribution in [0.2, 0.25) is 0 Å². The van der Waals surface area contributed by atoms with Gasteiger partial charge in [-0.05, 0) is 42.0 Å². The smallest absolute Gasteiger partial charge is 0.223 e. The molecule has 1 saturated carbocycles. The van der Waals surface area contributed by atoms with Gasteiger partial charge in [-0.1, -0.05) is 72.4 Å². The van der Waals surface area contributed by atoms with Crippen LogP contribution < -0.4 is 4.74 Å². The van der Waals surface area contributed by atoms with Crippen LogP contribution in [0.5, 0.6) is 5.75 Å². The molecule has 0 unspecified atom stereocenters. The molecular weight excluding hydrogens is 516 g/mol. The maximum atomic E-state index is 12.8. The second-order valence-corrected chi connectivity index (χ2v) is 11.7. The maximum absolute atomic E-state index is 12.8. The van der Waals surface area contributed by atoms with Gasteiger partial charge in [-0.25, -0.2) is 0 Å². The summed E-state index contributed by atoms with van der Waals surface area (Å²) in [6.07, 6.45) is 7.42.